The van der Waals surface area contributed by atoms with E-state index in [0.717, 1.165) is 16.7 Å². The molecular formula is C22H23N3O3S. The van der Waals surface area contributed by atoms with Crippen LogP contribution >= 0.6 is 0 Å². The number of amides is 1. The zero-order valence-corrected chi connectivity index (χ0v) is 17.4. The van der Waals surface area contributed by atoms with Crippen molar-refractivity contribution >= 4 is 21.6 Å². The van der Waals surface area contributed by atoms with Crippen LogP contribution < -0.4 is 10.3 Å². The fourth-order valence-corrected chi connectivity index (χ4v) is 4.16. The molecule has 150 valence electrons. The Kier molecular flexibility index (Phi) is 5.98. The van der Waals surface area contributed by atoms with Gasteiger partial charge in [-0.2, -0.15) is 0 Å². The highest BCUT2D eigenvalue weighted by molar-refractivity contribution is 7.94. The van der Waals surface area contributed by atoms with E-state index in [-0.39, 0.29) is 16.4 Å². The molecule has 6 nitrogen and oxygen atoms in total. The molecule has 2 N–H and O–H groups in total. The number of carbonyl (C=O) groups excluding carboxylic acids is 1. The van der Waals surface area contributed by atoms with Crippen LogP contribution in [0.2, 0.25) is 0 Å². The van der Waals surface area contributed by atoms with Gasteiger partial charge in [0, 0.05) is 23.7 Å². The quantitative estimate of drug-likeness (QED) is 0.672. The highest BCUT2D eigenvalue weighted by atomic mass is 32.2. The number of nitrogens with zero attached hydrogens (tertiary/aromatic N) is 1. The van der Waals surface area contributed by atoms with E-state index in [1.54, 1.807) is 43.6 Å². The minimum absolute atomic E-state index is 0.0269. The summed E-state index contributed by atoms with van der Waals surface area (Å²) in [5, 5.41) is 2.80. The topological polar surface area (TPSA) is 91.5 Å². The number of rotatable bonds is 6. The summed E-state index contributed by atoms with van der Waals surface area (Å²) >= 11 is 0. The highest BCUT2D eigenvalue weighted by Gasteiger charge is 2.14. The van der Waals surface area contributed by atoms with Gasteiger partial charge in [0.25, 0.3) is 5.91 Å². The van der Waals surface area contributed by atoms with Gasteiger partial charge in [0.1, 0.15) is 10.0 Å². The van der Waals surface area contributed by atoms with Gasteiger partial charge in [0.2, 0.25) is 0 Å². The molecule has 3 aromatic rings. The van der Waals surface area contributed by atoms with Gasteiger partial charge in [0.15, 0.2) is 12.4 Å². The fourth-order valence-electron chi connectivity index (χ4n) is 2.86. The molecule has 29 heavy (non-hydrogen) atoms. The molecule has 1 amide bonds. The SMILES string of the molecule is Cc1ccc(C(=O)NCc2ccc[nH+]c2)cc1S(=O)(=O)[N-]c1cccc(C)c1C. The van der Waals surface area contributed by atoms with Crippen LogP contribution in [0, 0.1) is 20.8 Å². The Morgan fingerprint density at radius 3 is 2.55 bits per heavy atom. The van der Waals surface area contributed by atoms with E-state index in [1.165, 1.54) is 6.07 Å². The number of aromatic amines is 1. The van der Waals surface area contributed by atoms with E-state index < -0.39 is 10.0 Å². The largest absolute Gasteiger partial charge is 0.572 e. The van der Waals surface area contributed by atoms with Crippen molar-refractivity contribution in [3.05, 3.63) is 93.5 Å². The lowest BCUT2D eigenvalue weighted by Crippen LogP contribution is -2.23. The molecule has 0 aliphatic rings. The average Bonchev–Trinajstić information content (AvgIpc) is 2.70. The van der Waals surface area contributed by atoms with Crippen molar-refractivity contribution in [2.45, 2.75) is 32.2 Å². The molecule has 0 atom stereocenters. The third-order valence-corrected chi connectivity index (χ3v) is 6.18. The van der Waals surface area contributed by atoms with Crippen LogP contribution in [0.4, 0.5) is 5.69 Å². The number of benzene rings is 2. The summed E-state index contributed by atoms with van der Waals surface area (Å²) in [7, 11) is -3.97. The Hall–Kier alpha value is -3.19. The van der Waals surface area contributed by atoms with Gasteiger partial charge in [-0.05, 0) is 50.1 Å². The molecule has 1 heterocycles. The van der Waals surface area contributed by atoms with Gasteiger partial charge < -0.3 is 10.0 Å². The minimum atomic E-state index is -3.97. The van der Waals surface area contributed by atoms with Crippen molar-refractivity contribution < 1.29 is 18.2 Å². The second kappa shape index (κ2) is 8.45. The Bertz CT molecular complexity index is 1140. The van der Waals surface area contributed by atoms with E-state index in [9.17, 15) is 13.2 Å². The minimum Gasteiger partial charge on any atom is -0.572 e. The number of pyridine rings is 1. The molecule has 0 saturated carbocycles. The van der Waals surface area contributed by atoms with E-state index in [4.69, 9.17) is 0 Å². The zero-order valence-electron chi connectivity index (χ0n) is 16.6. The van der Waals surface area contributed by atoms with Crippen molar-refractivity contribution in [2.24, 2.45) is 0 Å². The third-order valence-electron chi connectivity index (χ3n) is 4.75. The molecule has 2 aromatic carbocycles. The number of hydrogen-bond donors (Lipinski definition) is 1. The average molecular weight is 410 g/mol. The lowest BCUT2D eigenvalue weighted by molar-refractivity contribution is -0.378. The van der Waals surface area contributed by atoms with Crippen molar-refractivity contribution in [2.75, 3.05) is 0 Å². The molecule has 0 aliphatic carbocycles. The Balaban J connectivity index is 1.84. The summed E-state index contributed by atoms with van der Waals surface area (Å²) < 4.78 is 29.9. The third kappa shape index (κ3) is 4.81. The van der Waals surface area contributed by atoms with Crippen molar-refractivity contribution in [1.82, 2.24) is 5.32 Å². The molecule has 0 bridgehead atoms. The first kappa shape index (κ1) is 20.5. The number of nitrogens with one attached hydrogen (secondary N) is 2. The number of carbonyl (C=O) groups is 1. The maximum Gasteiger partial charge on any atom is 0.251 e. The van der Waals surface area contributed by atoms with E-state index in [0.29, 0.717) is 17.8 Å². The molecule has 0 unspecified atom stereocenters. The Morgan fingerprint density at radius 2 is 1.83 bits per heavy atom. The molecule has 1 aromatic heterocycles. The fraction of sp³-hybridized carbons (Fsp3) is 0.182. The molecule has 0 aliphatic heterocycles. The van der Waals surface area contributed by atoms with Gasteiger partial charge in [-0.15, -0.1) is 5.69 Å². The predicted molar refractivity (Wildman–Crippen MR) is 111 cm³/mol. The molecule has 0 radical (unpaired) electrons. The van der Waals surface area contributed by atoms with Gasteiger partial charge >= 0.3 is 0 Å². The molecule has 0 saturated heterocycles. The number of hydrogen-bond acceptors (Lipinski definition) is 3. The molecule has 7 heteroatoms. The monoisotopic (exact) mass is 409 g/mol. The summed E-state index contributed by atoms with van der Waals surface area (Å²) in [6.07, 6.45) is 3.57. The van der Waals surface area contributed by atoms with Gasteiger partial charge in [-0.1, -0.05) is 29.8 Å². The lowest BCUT2D eigenvalue weighted by atomic mass is 10.1. The summed E-state index contributed by atoms with van der Waals surface area (Å²) in [4.78, 5) is 15.5. The number of aromatic nitrogens is 1. The Morgan fingerprint density at radius 1 is 1.03 bits per heavy atom. The van der Waals surface area contributed by atoms with Crippen LogP contribution in [-0.2, 0) is 16.6 Å². The van der Waals surface area contributed by atoms with Gasteiger partial charge in [-0.25, -0.2) is 13.4 Å². The zero-order chi connectivity index (χ0) is 21.0. The summed E-state index contributed by atoms with van der Waals surface area (Å²) in [5.74, 6) is -0.350. The number of sulfonamides is 1. The lowest BCUT2D eigenvalue weighted by Gasteiger charge is -2.26. The van der Waals surface area contributed by atoms with Crippen LogP contribution in [0.3, 0.4) is 0 Å². The molecule has 3 rings (SSSR count). The highest BCUT2D eigenvalue weighted by Crippen LogP contribution is 2.33. The van der Waals surface area contributed by atoms with Gasteiger partial charge in [-0.3, -0.25) is 4.79 Å². The smallest absolute Gasteiger partial charge is 0.251 e. The first-order valence-corrected chi connectivity index (χ1v) is 10.6. The van der Waals surface area contributed by atoms with E-state index >= 15 is 0 Å². The maximum atomic E-state index is 12.9. The van der Waals surface area contributed by atoms with E-state index in [2.05, 4.69) is 15.0 Å². The first-order chi connectivity index (χ1) is 13.8. The standard InChI is InChI=1S/C22H22N3O3S/c1-15-6-4-8-20(17(15)3)25-29(27,28)21-12-19(10-9-16(21)2)22(26)24-14-18-7-5-11-23-13-18/h4-13H,14H2,1-3H3,(H,24,26)/q-1/p+1. The molecule has 0 fully saturated rings. The van der Waals surface area contributed by atoms with Crippen LogP contribution in [0.15, 0.2) is 65.8 Å². The Labute approximate surface area is 171 Å². The summed E-state index contributed by atoms with van der Waals surface area (Å²) in [6, 6.07) is 13.7. The number of aryl methyl sites for hydroxylation is 2. The van der Waals surface area contributed by atoms with Crippen LogP contribution in [0.5, 0.6) is 0 Å². The van der Waals surface area contributed by atoms with E-state index in [1.807, 2.05) is 32.0 Å². The van der Waals surface area contributed by atoms with Crippen molar-refractivity contribution in [3.8, 4) is 0 Å². The van der Waals surface area contributed by atoms with Crippen LogP contribution in [0.1, 0.15) is 32.6 Å². The molecular weight excluding hydrogens is 386 g/mol. The predicted octanol–water partition coefficient (Wildman–Crippen LogP) is 3.75. The maximum absolute atomic E-state index is 12.9. The second-order valence-corrected chi connectivity index (χ2v) is 8.43. The van der Waals surface area contributed by atoms with Crippen LogP contribution in [-0.4, -0.2) is 14.3 Å². The summed E-state index contributed by atoms with van der Waals surface area (Å²) in [5.41, 5.74) is 3.88. The number of H-pyrrole nitrogens is 1. The van der Waals surface area contributed by atoms with Gasteiger partial charge in [0.05, 0.1) is 4.90 Å². The van der Waals surface area contributed by atoms with Crippen molar-refractivity contribution in [1.29, 1.82) is 0 Å². The normalized spacial score (nSPS) is 11.1. The molecule has 0 spiro atoms. The van der Waals surface area contributed by atoms with Crippen molar-refractivity contribution in [3.63, 3.8) is 0 Å². The second-order valence-electron chi connectivity index (χ2n) is 6.86. The summed E-state index contributed by atoms with van der Waals surface area (Å²) in [6.45, 7) is 5.76. The van der Waals surface area contributed by atoms with Crippen LogP contribution in [0.25, 0.3) is 4.72 Å². The first-order valence-electron chi connectivity index (χ1n) is 9.16.